The zero-order valence-corrected chi connectivity index (χ0v) is 5.27. The first-order valence-electron chi connectivity index (χ1n) is 2.82. The van der Waals surface area contributed by atoms with E-state index in [1.807, 2.05) is 0 Å². The number of aliphatic hydroxyl groups is 1. The first-order valence-corrected chi connectivity index (χ1v) is 2.82. The second-order valence-electron chi connectivity index (χ2n) is 1.73. The summed E-state index contributed by atoms with van der Waals surface area (Å²) in [6, 6.07) is 0. The third kappa shape index (κ3) is 1.63. The fourth-order valence-electron chi connectivity index (χ4n) is 0.541. The molecule has 0 aliphatic heterocycles. The smallest absolute Gasteiger partial charge is 0.369 e. The van der Waals surface area contributed by atoms with E-state index in [4.69, 9.17) is 5.11 Å². The van der Waals surface area contributed by atoms with Crippen molar-refractivity contribution in [3.05, 3.63) is 23.1 Å². The molecule has 54 valence electrons. The molecule has 1 N–H and O–H groups in total. The Balaban J connectivity index is 2.79. The largest absolute Gasteiger partial charge is 0.395 e. The molecule has 0 aliphatic carbocycles. The highest BCUT2D eigenvalue weighted by molar-refractivity contribution is 4.63. The molecule has 0 saturated carbocycles. The minimum absolute atomic E-state index is 0.0201. The van der Waals surface area contributed by atoms with E-state index in [-0.39, 0.29) is 6.61 Å². The summed E-state index contributed by atoms with van der Waals surface area (Å²) in [7, 11) is 0. The summed E-state index contributed by atoms with van der Waals surface area (Å²) < 4.78 is 1.53. The second-order valence-corrected chi connectivity index (χ2v) is 1.73. The molecule has 1 rings (SSSR count). The molecule has 0 fully saturated rings. The Bertz CT molecular complexity index is 237. The molecule has 0 spiro atoms. The van der Waals surface area contributed by atoms with Crippen LogP contribution in [-0.2, 0) is 6.54 Å². The Labute approximate surface area is 57.0 Å². The predicted molar refractivity (Wildman–Crippen MR) is 33.4 cm³/mol. The van der Waals surface area contributed by atoms with E-state index in [0.29, 0.717) is 6.54 Å². The predicted octanol–water partition coefficient (Wildman–Crippen LogP) is -1.37. The van der Waals surface area contributed by atoms with Crippen LogP contribution in [0.1, 0.15) is 0 Å². The lowest BCUT2D eigenvalue weighted by molar-refractivity contribution is 0.274. The summed E-state index contributed by atoms with van der Waals surface area (Å²) in [5.74, 6) is 0. The summed E-state index contributed by atoms with van der Waals surface area (Å²) in [4.78, 5) is 17.1. The molecule has 1 aromatic rings. The summed E-state index contributed by atoms with van der Waals surface area (Å²) in [6.07, 6.45) is 2.68. The molecular weight excluding hydrogens is 134 g/mol. The van der Waals surface area contributed by atoms with Crippen LogP contribution in [-0.4, -0.2) is 26.2 Å². The molecular formula is C5H7N3O2. The number of hydrogen-bond acceptors (Lipinski definition) is 4. The van der Waals surface area contributed by atoms with Crippen molar-refractivity contribution in [3.63, 3.8) is 0 Å². The van der Waals surface area contributed by atoms with Crippen LogP contribution in [0.4, 0.5) is 0 Å². The van der Waals surface area contributed by atoms with Crippen molar-refractivity contribution in [2.45, 2.75) is 6.54 Å². The maximum atomic E-state index is 10.3. The van der Waals surface area contributed by atoms with E-state index >= 15 is 0 Å². The summed E-state index contributed by atoms with van der Waals surface area (Å²) in [5.41, 5.74) is -0.505. The van der Waals surface area contributed by atoms with Crippen LogP contribution in [0.5, 0.6) is 0 Å². The quantitative estimate of drug-likeness (QED) is 0.551. The van der Waals surface area contributed by atoms with Crippen LogP contribution in [0, 0.1) is 0 Å². The fourth-order valence-corrected chi connectivity index (χ4v) is 0.541. The monoisotopic (exact) mass is 141 g/mol. The molecule has 0 amide bonds. The average Bonchev–Trinajstić information content (AvgIpc) is 1.95. The van der Waals surface area contributed by atoms with Crippen molar-refractivity contribution in [3.8, 4) is 0 Å². The number of hydrogen-bond donors (Lipinski definition) is 1. The standard InChI is InChI=1S/C5H7N3O2/c9-2-1-8-3-6-5(10)7-4-8/h3-4,9H,1-2H2. The molecule has 0 unspecified atom stereocenters. The molecule has 10 heavy (non-hydrogen) atoms. The normalized spacial score (nSPS) is 9.70. The zero-order valence-electron chi connectivity index (χ0n) is 5.27. The van der Waals surface area contributed by atoms with Gasteiger partial charge in [0.05, 0.1) is 6.61 Å². The minimum Gasteiger partial charge on any atom is -0.395 e. The molecule has 0 atom stereocenters. The van der Waals surface area contributed by atoms with Crippen LogP contribution < -0.4 is 5.69 Å². The Morgan fingerprint density at radius 3 is 2.60 bits per heavy atom. The van der Waals surface area contributed by atoms with Gasteiger partial charge in [-0.25, -0.2) is 4.79 Å². The lowest BCUT2D eigenvalue weighted by Crippen LogP contribution is -2.14. The van der Waals surface area contributed by atoms with Gasteiger partial charge in [0, 0.05) is 6.54 Å². The first-order chi connectivity index (χ1) is 4.83. The fraction of sp³-hybridized carbons (Fsp3) is 0.400. The van der Waals surface area contributed by atoms with E-state index in [9.17, 15) is 4.79 Å². The van der Waals surface area contributed by atoms with Gasteiger partial charge in [0.2, 0.25) is 0 Å². The molecule has 0 bridgehead atoms. The van der Waals surface area contributed by atoms with Gasteiger partial charge >= 0.3 is 5.69 Å². The van der Waals surface area contributed by atoms with E-state index in [0.717, 1.165) is 0 Å². The lowest BCUT2D eigenvalue weighted by Gasteiger charge is -1.97. The van der Waals surface area contributed by atoms with Gasteiger partial charge in [0.15, 0.2) is 0 Å². The van der Waals surface area contributed by atoms with Gasteiger partial charge in [-0.05, 0) is 0 Å². The highest BCUT2D eigenvalue weighted by Gasteiger charge is 1.86. The molecule has 5 heteroatoms. The maximum Gasteiger partial charge on any atom is 0.369 e. The third-order valence-corrected chi connectivity index (χ3v) is 0.991. The highest BCUT2D eigenvalue weighted by Crippen LogP contribution is 1.75. The molecule has 0 aromatic carbocycles. The van der Waals surface area contributed by atoms with E-state index in [1.54, 1.807) is 0 Å². The van der Waals surface area contributed by atoms with E-state index in [1.165, 1.54) is 17.2 Å². The number of rotatable bonds is 2. The van der Waals surface area contributed by atoms with Crippen molar-refractivity contribution < 1.29 is 5.11 Å². The van der Waals surface area contributed by atoms with Crippen molar-refractivity contribution >= 4 is 0 Å². The second kappa shape index (κ2) is 3.07. The van der Waals surface area contributed by atoms with Gasteiger partial charge in [-0.1, -0.05) is 0 Å². The number of nitrogens with zero attached hydrogens (tertiary/aromatic N) is 3. The summed E-state index contributed by atoms with van der Waals surface area (Å²) >= 11 is 0. The Morgan fingerprint density at radius 1 is 1.50 bits per heavy atom. The van der Waals surface area contributed by atoms with Crippen LogP contribution in [0.15, 0.2) is 17.4 Å². The van der Waals surface area contributed by atoms with Crippen molar-refractivity contribution in [1.82, 2.24) is 14.5 Å². The highest BCUT2D eigenvalue weighted by atomic mass is 16.3. The molecule has 0 aliphatic rings. The van der Waals surface area contributed by atoms with Gasteiger partial charge in [-0.15, -0.1) is 0 Å². The van der Waals surface area contributed by atoms with Crippen molar-refractivity contribution in [2.75, 3.05) is 6.61 Å². The maximum absolute atomic E-state index is 10.3. The molecule has 5 nitrogen and oxygen atoms in total. The Kier molecular flexibility index (Phi) is 2.11. The molecule has 0 saturated heterocycles. The topological polar surface area (TPSA) is 68.0 Å². The van der Waals surface area contributed by atoms with Crippen LogP contribution in [0.25, 0.3) is 0 Å². The molecule has 0 radical (unpaired) electrons. The number of aliphatic hydroxyl groups excluding tert-OH is 1. The van der Waals surface area contributed by atoms with Crippen LogP contribution >= 0.6 is 0 Å². The number of aromatic nitrogens is 3. The van der Waals surface area contributed by atoms with Gasteiger partial charge in [0.1, 0.15) is 12.7 Å². The van der Waals surface area contributed by atoms with Gasteiger partial charge in [-0.2, -0.15) is 9.97 Å². The van der Waals surface area contributed by atoms with Crippen molar-refractivity contribution in [1.29, 1.82) is 0 Å². The third-order valence-electron chi connectivity index (χ3n) is 0.991. The SMILES string of the molecule is O=c1ncn(CCO)cn1. The molecule has 1 aromatic heterocycles. The summed E-state index contributed by atoms with van der Waals surface area (Å²) in [6.45, 7) is 0.437. The minimum atomic E-state index is -0.505. The van der Waals surface area contributed by atoms with E-state index in [2.05, 4.69) is 9.97 Å². The van der Waals surface area contributed by atoms with Gasteiger partial charge < -0.3 is 9.67 Å². The average molecular weight is 141 g/mol. The van der Waals surface area contributed by atoms with Gasteiger partial charge in [0.25, 0.3) is 0 Å². The Morgan fingerprint density at radius 2 is 2.10 bits per heavy atom. The van der Waals surface area contributed by atoms with Crippen LogP contribution in [0.3, 0.4) is 0 Å². The molecule has 1 heterocycles. The first kappa shape index (κ1) is 6.88. The summed E-state index contributed by atoms with van der Waals surface area (Å²) in [5, 5.41) is 8.43. The van der Waals surface area contributed by atoms with E-state index < -0.39 is 5.69 Å². The zero-order chi connectivity index (χ0) is 7.40. The Hall–Kier alpha value is -1.23. The van der Waals surface area contributed by atoms with Gasteiger partial charge in [-0.3, -0.25) is 0 Å². The van der Waals surface area contributed by atoms with Crippen LogP contribution in [0.2, 0.25) is 0 Å². The lowest BCUT2D eigenvalue weighted by atomic mass is 10.7. The van der Waals surface area contributed by atoms with Crippen molar-refractivity contribution in [2.24, 2.45) is 0 Å².